The summed E-state index contributed by atoms with van der Waals surface area (Å²) < 4.78 is 20.0. The van der Waals surface area contributed by atoms with E-state index in [-0.39, 0.29) is 23.1 Å². The topological polar surface area (TPSA) is 113 Å². The van der Waals surface area contributed by atoms with E-state index in [9.17, 15) is 19.2 Å². The predicted molar refractivity (Wildman–Crippen MR) is 152 cm³/mol. The van der Waals surface area contributed by atoms with Gasteiger partial charge in [-0.05, 0) is 76.4 Å². The van der Waals surface area contributed by atoms with Crippen LogP contribution in [0.1, 0.15) is 60.8 Å². The zero-order chi connectivity index (χ0) is 29.8. The summed E-state index contributed by atoms with van der Waals surface area (Å²) in [4.78, 5) is 31.7. The summed E-state index contributed by atoms with van der Waals surface area (Å²) >= 11 is 6.35. The molecule has 0 saturated carbocycles. The molecule has 1 saturated heterocycles. The quantitative estimate of drug-likeness (QED) is 0.406. The van der Waals surface area contributed by atoms with E-state index in [1.54, 1.807) is 50.8 Å². The molecule has 2 aromatic heterocycles. The third kappa shape index (κ3) is 7.41. The van der Waals surface area contributed by atoms with Gasteiger partial charge in [0.2, 0.25) is 0 Å². The minimum Gasteiger partial charge on any atom is -0.444 e. The fraction of sp³-hybridized carbons (Fsp3) is 0.367. The Morgan fingerprint density at radius 2 is 1.80 bits per heavy atom. The maximum Gasteiger partial charge on any atom is 0.410 e. The number of hydrogen-bond acceptors (Lipinski definition) is 6. The number of rotatable bonds is 4. The van der Waals surface area contributed by atoms with E-state index in [0.29, 0.717) is 48.4 Å². The maximum absolute atomic E-state index is 13.3. The van der Waals surface area contributed by atoms with Gasteiger partial charge in [-0.1, -0.05) is 23.4 Å². The van der Waals surface area contributed by atoms with Gasteiger partial charge < -0.3 is 15.0 Å². The number of likely N-dealkylation sites (tertiary alicyclic amines) is 1. The van der Waals surface area contributed by atoms with Gasteiger partial charge >= 0.3 is 6.09 Å². The van der Waals surface area contributed by atoms with Gasteiger partial charge in [-0.3, -0.25) is 9.48 Å². The van der Waals surface area contributed by atoms with Crippen LogP contribution in [-0.4, -0.2) is 50.4 Å². The fourth-order valence-corrected chi connectivity index (χ4v) is 4.59. The third-order valence-corrected chi connectivity index (χ3v) is 6.85. The van der Waals surface area contributed by atoms with Crippen LogP contribution in [0.3, 0.4) is 0 Å². The van der Waals surface area contributed by atoms with Gasteiger partial charge in [-0.2, -0.15) is 10.4 Å². The van der Waals surface area contributed by atoms with E-state index < -0.39 is 23.0 Å². The lowest BCUT2D eigenvalue weighted by atomic mass is 9.79. The zero-order valence-corrected chi connectivity index (χ0v) is 24.0. The average Bonchev–Trinajstić information content (AvgIpc) is 3.28. The summed E-state index contributed by atoms with van der Waals surface area (Å²) in [6.07, 6.45) is 3.26. The molecule has 4 rings (SSSR count). The van der Waals surface area contributed by atoms with Gasteiger partial charge in [-0.15, -0.1) is 0 Å². The Hall–Kier alpha value is -4.41. The van der Waals surface area contributed by atoms with Crippen LogP contribution < -0.4 is 5.32 Å². The lowest BCUT2D eigenvalue weighted by molar-refractivity contribution is 0.0134. The largest absolute Gasteiger partial charge is 0.444 e. The molecule has 3 aromatic rings. The Balaban J connectivity index is 1.45. The van der Waals surface area contributed by atoms with Crippen LogP contribution in [0.2, 0.25) is 5.02 Å². The molecular weight excluding hydrogens is 547 g/mol. The minimum atomic E-state index is -0.845. The third-order valence-electron chi connectivity index (χ3n) is 6.58. The number of pyridine rings is 1. The molecule has 1 aromatic carbocycles. The van der Waals surface area contributed by atoms with Gasteiger partial charge in [0.05, 0.1) is 29.2 Å². The lowest BCUT2D eigenvalue weighted by Gasteiger charge is -2.37. The summed E-state index contributed by atoms with van der Waals surface area (Å²) in [5.41, 5.74) is 0.616. The molecule has 1 N–H and O–H groups in total. The monoisotopic (exact) mass is 576 g/mol. The van der Waals surface area contributed by atoms with Crippen molar-refractivity contribution in [3.63, 3.8) is 0 Å². The van der Waals surface area contributed by atoms with Crippen LogP contribution in [-0.2, 0) is 11.3 Å². The van der Waals surface area contributed by atoms with Gasteiger partial charge in [0, 0.05) is 30.4 Å². The standard InChI is InChI=1S/C30H30ClFN6O3/c1-20-15-22(6-5-21-7-9-23(32)10-8-21)16-34-26(20)36-27(39)25-24(31)17-35-38(25)19-30(18-33)11-13-37(14-12-30)28(40)41-29(2,3)4/h7-10,15-17H,11-14,19H2,1-4H3,(H,34,36,39). The highest BCUT2D eigenvalue weighted by molar-refractivity contribution is 6.34. The molecular formula is C30H30ClFN6O3. The fourth-order valence-electron chi connectivity index (χ4n) is 4.36. The van der Waals surface area contributed by atoms with Crippen LogP contribution in [0.25, 0.3) is 0 Å². The first-order valence-electron chi connectivity index (χ1n) is 13.0. The molecule has 0 spiro atoms. The van der Waals surface area contributed by atoms with E-state index in [2.05, 4.69) is 33.3 Å². The number of carbonyl (C=O) groups is 2. The Bertz CT molecular complexity index is 1550. The van der Waals surface area contributed by atoms with Crippen molar-refractivity contribution in [1.82, 2.24) is 19.7 Å². The molecule has 1 fully saturated rings. The number of benzene rings is 1. The van der Waals surface area contributed by atoms with Gasteiger partial charge in [0.15, 0.2) is 0 Å². The van der Waals surface area contributed by atoms with Crippen molar-refractivity contribution in [2.24, 2.45) is 5.41 Å². The first kappa shape index (κ1) is 29.6. The van der Waals surface area contributed by atoms with Gasteiger partial charge in [-0.25, -0.2) is 14.2 Å². The number of amides is 2. The minimum absolute atomic E-state index is 0.109. The van der Waals surface area contributed by atoms with Crippen molar-refractivity contribution in [2.45, 2.75) is 52.7 Å². The summed E-state index contributed by atoms with van der Waals surface area (Å²) in [6, 6.07) is 10.0. The highest BCUT2D eigenvalue weighted by Gasteiger charge is 2.39. The van der Waals surface area contributed by atoms with Crippen LogP contribution in [0.4, 0.5) is 15.0 Å². The molecule has 1 aliphatic heterocycles. The Morgan fingerprint density at radius 3 is 2.41 bits per heavy atom. The number of aromatic nitrogens is 3. The number of nitrogens with zero attached hydrogens (tertiary/aromatic N) is 5. The normalized spacial score (nSPS) is 14.4. The predicted octanol–water partition coefficient (Wildman–Crippen LogP) is 5.57. The van der Waals surface area contributed by atoms with Gasteiger partial charge in [0.25, 0.3) is 5.91 Å². The Labute approximate surface area is 243 Å². The average molecular weight is 577 g/mol. The van der Waals surface area contributed by atoms with Crippen LogP contribution >= 0.6 is 11.6 Å². The number of nitrogens with one attached hydrogen (secondary N) is 1. The molecule has 0 aliphatic carbocycles. The zero-order valence-electron chi connectivity index (χ0n) is 23.3. The Morgan fingerprint density at radius 1 is 1.15 bits per heavy atom. The number of piperidine rings is 1. The highest BCUT2D eigenvalue weighted by Crippen LogP contribution is 2.34. The molecule has 9 nitrogen and oxygen atoms in total. The van der Waals surface area contributed by atoms with E-state index in [1.807, 2.05) is 0 Å². The molecule has 0 unspecified atom stereocenters. The first-order chi connectivity index (χ1) is 19.4. The number of hydrogen-bond donors (Lipinski definition) is 1. The second kappa shape index (κ2) is 12.0. The van der Waals surface area contributed by atoms with E-state index in [4.69, 9.17) is 16.3 Å². The number of ether oxygens (including phenoxy) is 1. The summed E-state index contributed by atoms with van der Waals surface area (Å²) in [5, 5.41) is 17.3. The van der Waals surface area contributed by atoms with E-state index in [0.717, 1.165) is 0 Å². The number of nitriles is 1. The SMILES string of the molecule is Cc1cc(C#Cc2ccc(F)cc2)cnc1NC(=O)c1c(Cl)cnn1CC1(C#N)CCN(C(=O)OC(C)(C)C)CC1. The summed E-state index contributed by atoms with van der Waals surface area (Å²) in [6.45, 7) is 8.02. The molecule has 3 heterocycles. The molecule has 41 heavy (non-hydrogen) atoms. The lowest BCUT2D eigenvalue weighted by Crippen LogP contribution is -2.46. The molecule has 11 heteroatoms. The van der Waals surface area contributed by atoms with Crippen LogP contribution in [0.5, 0.6) is 0 Å². The number of carbonyl (C=O) groups excluding carboxylic acids is 2. The van der Waals surface area contributed by atoms with Crippen molar-refractivity contribution in [1.29, 1.82) is 5.26 Å². The molecule has 2 amide bonds. The van der Waals surface area contributed by atoms with Crippen LogP contribution in [0.15, 0.2) is 42.7 Å². The van der Waals surface area contributed by atoms with Crippen LogP contribution in [0, 0.1) is 41.3 Å². The summed E-state index contributed by atoms with van der Waals surface area (Å²) in [7, 11) is 0. The number of anilines is 1. The van der Waals surface area contributed by atoms with Gasteiger partial charge in [0.1, 0.15) is 22.9 Å². The number of halogens is 2. The second-order valence-corrected chi connectivity index (χ2v) is 11.4. The first-order valence-corrected chi connectivity index (χ1v) is 13.4. The van der Waals surface area contributed by atoms with Crippen molar-refractivity contribution in [3.05, 3.63) is 75.9 Å². The molecule has 0 bridgehead atoms. The molecule has 0 radical (unpaired) electrons. The molecule has 0 atom stereocenters. The van der Waals surface area contributed by atoms with Crippen molar-refractivity contribution < 1.29 is 18.7 Å². The molecule has 212 valence electrons. The second-order valence-electron chi connectivity index (χ2n) is 11.0. The Kier molecular flexibility index (Phi) is 8.65. The smallest absolute Gasteiger partial charge is 0.410 e. The van der Waals surface area contributed by atoms with Crippen molar-refractivity contribution in [2.75, 3.05) is 18.4 Å². The summed E-state index contributed by atoms with van der Waals surface area (Å²) in [5.74, 6) is 5.40. The molecule has 1 aliphatic rings. The van der Waals surface area contributed by atoms with Crippen molar-refractivity contribution in [3.8, 4) is 17.9 Å². The van der Waals surface area contributed by atoms with Crippen molar-refractivity contribution >= 4 is 29.4 Å². The maximum atomic E-state index is 13.3. The van der Waals surface area contributed by atoms with E-state index in [1.165, 1.54) is 29.2 Å². The van der Waals surface area contributed by atoms with E-state index >= 15 is 0 Å². The highest BCUT2D eigenvalue weighted by atomic mass is 35.5. The number of aryl methyl sites for hydroxylation is 1.